The average molecular weight is 283 g/mol. The predicted molar refractivity (Wildman–Crippen MR) is 84.0 cm³/mol. The third kappa shape index (κ3) is 3.37. The van der Waals surface area contributed by atoms with E-state index < -0.39 is 0 Å². The maximum absolute atomic E-state index is 5.69. The lowest BCUT2D eigenvalue weighted by atomic mass is 10.0. The molecule has 2 aromatic carbocycles. The van der Waals surface area contributed by atoms with E-state index in [4.69, 9.17) is 9.47 Å². The summed E-state index contributed by atoms with van der Waals surface area (Å²) in [5.41, 5.74) is 2.60. The number of rotatable bonds is 5. The smallest absolute Gasteiger partial charge is 0.124 e. The van der Waals surface area contributed by atoms with Gasteiger partial charge in [0.25, 0.3) is 0 Å². The Kier molecular flexibility index (Phi) is 4.41. The molecule has 1 heterocycles. The molecular formula is C18H21NO2. The molecule has 3 rings (SSSR count). The molecule has 21 heavy (non-hydrogen) atoms. The molecule has 0 saturated heterocycles. The number of methoxy groups -OCH3 is 1. The Bertz CT molecular complexity index is 580. The van der Waals surface area contributed by atoms with Crippen LogP contribution in [-0.4, -0.2) is 20.3 Å². The molecule has 1 atom stereocenters. The maximum atomic E-state index is 5.69. The molecular weight excluding hydrogens is 262 g/mol. The second-order valence-corrected chi connectivity index (χ2v) is 5.28. The summed E-state index contributed by atoms with van der Waals surface area (Å²) < 4.78 is 10.9. The van der Waals surface area contributed by atoms with Crippen molar-refractivity contribution < 1.29 is 9.47 Å². The van der Waals surface area contributed by atoms with Crippen LogP contribution in [0.25, 0.3) is 0 Å². The minimum Gasteiger partial charge on any atom is -0.497 e. The number of fused-ring (bicyclic) bond motifs is 1. The van der Waals surface area contributed by atoms with Crippen molar-refractivity contribution in [2.45, 2.75) is 18.9 Å². The normalized spacial score (nSPS) is 16.9. The zero-order valence-electron chi connectivity index (χ0n) is 12.3. The Morgan fingerprint density at radius 3 is 2.76 bits per heavy atom. The fraction of sp³-hybridized carbons (Fsp3) is 0.333. The van der Waals surface area contributed by atoms with Gasteiger partial charge in [0.1, 0.15) is 11.5 Å². The molecule has 0 aliphatic carbocycles. The Morgan fingerprint density at radius 2 is 1.95 bits per heavy atom. The number of benzene rings is 2. The lowest BCUT2D eigenvalue weighted by Crippen LogP contribution is -2.28. The molecule has 2 aromatic rings. The van der Waals surface area contributed by atoms with Crippen molar-refractivity contribution in [2.75, 3.05) is 20.3 Å². The van der Waals surface area contributed by atoms with Crippen LogP contribution in [0, 0.1) is 0 Å². The summed E-state index contributed by atoms with van der Waals surface area (Å²) in [6, 6.07) is 17.0. The van der Waals surface area contributed by atoms with Gasteiger partial charge in [-0.25, -0.2) is 0 Å². The van der Waals surface area contributed by atoms with Gasteiger partial charge in [-0.15, -0.1) is 0 Å². The minimum atomic E-state index is 0.396. The Balaban J connectivity index is 1.56. The van der Waals surface area contributed by atoms with Crippen LogP contribution < -0.4 is 14.8 Å². The van der Waals surface area contributed by atoms with Crippen molar-refractivity contribution in [2.24, 2.45) is 0 Å². The van der Waals surface area contributed by atoms with Gasteiger partial charge in [0, 0.05) is 18.0 Å². The third-order valence-electron chi connectivity index (χ3n) is 3.92. The van der Waals surface area contributed by atoms with Gasteiger partial charge in [-0.2, -0.15) is 0 Å². The highest BCUT2D eigenvalue weighted by Gasteiger charge is 2.19. The van der Waals surface area contributed by atoms with Gasteiger partial charge in [0.15, 0.2) is 0 Å². The third-order valence-corrected chi connectivity index (χ3v) is 3.92. The summed E-state index contributed by atoms with van der Waals surface area (Å²) in [7, 11) is 1.69. The van der Waals surface area contributed by atoms with Crippen LogP contribution in [0.1, 0.15) is 23.6 Å². The van der Waals surface area contributed by atoms with Gasteiger partial charge in [0.05, 0.1) is 13.7 Å². The van der Waals surface area contributed by atoms with Crippen molar-refractivity contribution >= 4 is 0 Å². The molecule has 1 aliphatic rings. The van der Waals surface area contributed by atoms with Gasteiger partial charge in [-0.1, -0.05) is 30.3 Å². The number of nitrogens with one attached hydrogen (secondary N) is 1. The van der Waals surface area contributed by atoms with E-state index >= 15 is 0 Å². The minimum absolute atomic E-state index is 0.396. The summed E-state index contributed by atoms with van der Waals surface area (Å²) in [4.78, 5) is 0. The standard InChI is InChI=1S/C18H21NO2/c1-20-15-8-6-14(7-9-15)10-12-19-17-11-13-21-18-5-3-2-4-16(17)18/h2-9,17,19H,10-13H2,1H3. The number of ether oxygens (including phenoxy) is 2. The number of para-hydroxylation sites is 1. The molecule has 110 valence electrons. The molecule has 3 heteroatoms. The first-order valence-corrected chi connectivity index (χ1v) is 7.45. The van der Waals surface area contributed by atoms with E-state index in [0.717, 1.165) is 37.5 Å². The lowest BCUT2D eigenvalue weighted by molar-refractivity contribution is 0.253. The average Bonchev–Trinajstić information content (AvgIpc) is 2.56. The first-order valence-electron chi connectivity index (χ1n) is 7.45. The van der Waals surface area contributed by atoms with Crippen LogP contribution >= 0.6 is 0 Å². The summed E-state index contributed by atoms with van der Waals surface area (Å²) in [6.45, 7) is 1.75. The van der Waals surface area contributed by atoms with E-state index in [9.17, 15) is 0 Å². The van der Waals surface area contributed by atoms with E-state index in [1.807, 2.05) is 24.3 Å². The molecule has 1 N–H and O–H groups in total. The van der Waals surface area contributed by atoms with Crippen LogP contribution in [0.2, 0.25) is 0 Å². The van der Waals surface area contributed by atoms with Crippen molar-refractivity contribution in [3.05, 3.63) is 59.7 Å². The topological polar surface area (TPSA) is 30.5 Å². The first-order chi connectivity index (χ1) is 10.4. The van der Waals surface area contributed by atoms with E-state index in [-0.39, 0.29) is 0 Å². The van der Waals surface area contributed by atoms with Crippen molar-refractivity contribution in [1.82, 2.24) is 5.32 Å². The fourth-order valence-electron chi connectivity index (χ4n) is 2.74. The van der Waals surface area contributed by atoms with Crippen LogP contribution in [0.5, 0.6) is 11.5 Å². The second-order valence-electron chi connectivity index (χ2n) is 5.28. The highest BCUT2D eigenvalue weighted by molar-refractivity contribution is 5.37. The van der Waals surface area contributed by atoms with E-state index in [0.29, 0.717) is 6.04 Å². The Morgan fingerprint density at radius 1 is 1.14 bits per heavy atom. The molecule has 0 amide bonds. The second kappa shape index (κ2) is 6.64. The lowest BCUT2D eigenvalue weighted by Gasteiger charge is -2.26. The molecule has 3 nitrogen and oxygen atoms in total. The molecule has 0 bridgehead atoms. The summed E-state index contributed by atoms with van der Waals surface area (Å²) >= 11 is 0. The number of hydrogen-bond acceptors (Lipinski definition) is 3. The first kappa shape index (κ1) is 14.0. The van der Waals surface area contributed by atoms with E-state index in [2.05, 4.69) is 29.6 Å². The zero-order valence-corrected chi connectivity index (χ0v) is 12.3. The van der Waals surface area contributed by atoms with Crippen molar-refractivity contribution in [1.29, 1.82) is 0 Å². The van der Waals surface area contributed by atoms with Crippen LogP contribution in [-0.2, 0) is 6.42 Å². The quantitative estimate of drug-likeness (QED) is 0.913. The van der Waals surface area contributed by atoms with Gasteiger partial charge < -0.3 is 14.8 Å². The van der Waals surface area contributed by atoms with E-state index in [1.54, 1.807) is 7.11 Å². The molecule has 0 spiro atoms. The summed E-state index contributed by atoms with van der Waals surface area (Å²) in [5.74, 6) is 1.93. The monoisotopic (exact) mass is 283 g/mol. The fourth-order valence-corrected chi connectivity index (χ4v) is 2.74. The SMILES string of the molecule is COc1ccc(CCNC2CCOc3ccccc32)cc1. The predicted octanol–water partition coefficient (Wildman–Crippen LogP) is 3.35. The summed E-state index contributed by atoms with van der Waals surface area (Å²) in [6.07, 6.45) is 2.04. The van der Waals surface area contributed by atoms with Gasteiger partial charge >= 0.3 is 0 Å². The zero-order chi connectivity index (χ0) is 14.5. The molecule has 1 aliphatic heterocycles. The Labute approximate surface area is 125 Å². The molecule has 0 saturated carbocycles. The van der Waals surface area contributed by atoms with Crippen LogP contribution in [0.15, 0.2) is 48.5 Å². The van der Waals surface area contributed by atoms with Crippen molar-refractivity contribution in [3.63, 3.8) is 0 Å². The number of hydrogen-bond donors (Lipinski definition) is 1. The van der Waals surface area contributed by atoms with Crippen LogP contribution in [0.3, 0.4) is 0 Å². The van der Waals surface area contributed by atoms with Crippen molar-refractivity contribution in [3.8, 4) is 11.5 Å². The van der Waals surface area contributed by atoms with Gasteiger partial charge in [-0.3, -0.25) is 0 Å². The molecule has 0 radical (unpaired) electrons. The highest BCUT2D eigenvalue weighted by Crippen LogP contribution is 2.31. The van der Waals surface area contributed by atoms with Crippen LogP contribution in [0.4, 0.5) is 0 Å². The molecule has 0 aromatic heterocycles. The largest absolute Gasteiger partial charge is 0.497 e. The molecule has 0 fully saturated rings. The van der Waals surface area contributed by atoms with Gasteiger partial charge in [0.2, 0.25) is 0 Å². The summed E-state index contributed by atoms with van der Waals surface area (Å²) in [5, 5.41) is 3.64. The molecule has 1 unspecified atom stereocenters. The maximum Gasteiger partial charge on any atom is 0.124 e. The van der Waals surface area contributed by atoms with E-state index in [1.165, 1.54) is 11.1 Å². The highest BCUT2D eigenvalue weighted by atomic mass is 16.5. The Hall–Kier alpha value is -2.00. The van der Waals surface area contributed by atoms with Gasteiger partial charge in [-0.05, 0) is 36.7 Å².